The molecule has 0 spiro atoms. The monoisotopic (exact) mass is 95.0 g/mol. The third-order valence-electron chi connectivity index (χ3n) is 0. The summed E-state index contributed by atoms with van der Waals surface area (Å²) >= 11 is 0. The van der Waals surface area contributed by atoms with Crippen LogP contribution in [0.4, 0.5) is 0 Å². The number of hydrogen-bond donors (Lipinski definition) is 2. The summed E-state index contributed by atoms with van der Waals surface area (Å²) < 4.78 is 0. The zero-order valence-corrected chi connectivity index (χ0v) is 3.68. The van der Waals surface area contributed by atoms with Crippen LogP contribution in [0, 0.1) is 0 Å². The Morgan fingerprint density at radius 2 is 1.25 bits per heavy atom. The van der Waals surface area contributed by atoms with Crippen LogP contribution >= 0.6 is 0 Å². The van der Waals surface area contributed by atoms with Crippen LogP contribution in [-0.2, 0) is 30.9 Å². The fourth-order valence-corrected chi connectivity index (χ4v) is 0. The molecule has 0 aromatic rings. The van der Waals surface area contributed by atoms with Gasteiger partial charge in [0.15, 0.2) is 0 Å². The van der Waals surface area contributed by atoms with Gasteiger partial charge in [0.25, 0.3) is 0 Å². The van der Waals surface area contributed by atoms with Gasteiger partial charge < -0.3 is 0 Å². The number of hydrogen-bond acceptors (Lipinski definition) is 3. The van der Waals surface area contributed by atoms with Gasteiger partial charge >= 0.3 is 25.8 Å². The van der Waals surface area contributed by atoms with Crippen LogP contribution in [0.2, 0.25) is 0 Å². The Labute approximate surface area is 41.8 Å². The van der Waals surface area contributed by atoms with Crippen molar-refractivity contribution < 1.29 is 41.4 Å². The molecule has 20 valence electrons. The molecule has 0 heterocycles. The van der Waals surface area contributed by atoms with E-state index in [1.54, 1.807) is 0 Å². The molecule has 0 amide bonds. The third-order valence-corrected chi connectivity index (χ3v) is 0. The van der Waals surface area contributed by atoms with Gasteiger partial charge in [-0.15, -0.1) is 0 Å². The van der Waals surface area contributed by atoms with Crippen molar-refractivity contribution in [3.05, 3.63) is 0 Å². The van der Waals surface area contributed by atoms with Gasteiger partial charge in [0.1, 0.15) is 0 Å². The molecule has 0 fully saturated rings. The van der Waals surface area contributed by atoms with Crippen LogP contribution < -0.4 is 0 Å². The van der Waals surface area contributed by atoms with E-state index in [0.29, 0.717) is 0 Å². The van der Waals surface area contributed by atoms with Gasteiger partial charge in [-0.3, -0.25) is 0 Å². The molecule has 0 aromatic carbocycles. The fraction of sp³-hybridized carbons (Fsp3) is 0. The quantitative estimate of drug-likeness (QED) is 0.327. The molecule has 0 bridgehead atoms. The summed E-state index contributed by atoms with van der Waals surface area (Å²) in [6.45, 7) is 0. The Hall–Kier alpha value is 0.750. The first-order valence-electron chi connectivity index (χ1n) is 0.365. The van der Waals surface area contributed by atoms with E-state index in [9.17, 15) is 0 Å². The Morgan fingerprint density at radius 1 is 1.25 bits per heavy atom. The zero-order chi connectivity index (χ0) is 2.71. The second-order valence-corrected chi connectivity index (χ2v) is 0.0816. The maximum absolute atomic E-state index is 6.62. The minimum absolute atomic E-state index is 0. The van der Waals surface area contributed by atoms with Gasteiger partial charge in [0.05, 0.1) is 0 Å². The van der Waals surface area contributed by atoms with Crippen molar-refractivity contribution in [1.29, 1.82) is 0 Å². The molecular weight excluding hydrogens is 93.0 g/mol. The summed E-state index contributed by atoms with van der Waals surface area (Å²) in [4.78, 5) is 0. The molecule has 0 unspecified atom stereocenters. The van der Waals surface area contributed by atoms with E-state index < -0.39 is 0 Å². The first kappa shape index (κ1) is 8.83. The summed E-state index contributed by atoms with van der Waals surface area (Å²) in [7, 11) is 0. The zero-order valence-electron chi connectivity index (χ0n) is 1.88. The molecule has 0 saturated heterocycles. The van der Waals surface area contributed by atoms with Crippen molar-refractivity contribution in [1.82, 2.24) is 0 Å². The first-order chi connectivity index (χ1) is 1.41. The molecule has 0 saturated carbocycles. The molecule has 4 heavy (non-hydrogen) atoms. The van der Waals surface area contributed by atoms with E-state index in [-0.39, 0.29) is 25.8 Å². The van der Waals surface area contributed by atoms with Crippen LogP contribution in [0.1, 0.15) is 0 Å². The van der Waals surface area contributed by atoms with Crippen LogP contribution in [-0.4, -0.2) is 10.5 Å². The average Bonchev–Trinajstić information content (AvgIpc) is 0.918. The topological polar surface area (TPSA) is 49.7 Å². The van der Waals surface area contributed by atoms with Crippen LogP contribution in [0.25, 0.3) is 0 Å². The van der Waals surface area contributed by atoms with E-state index in [0.717, 1.165) is 0 Å². The molecule has 0 aromatic heterocycles. The smallest absolute Gasteiger partial charge is 0.221 e. The van der Waals surface area contributed by atoms with Gasteiger partial charge in [0, 0.05) is 0 Å². The Balaban J connectivity index is 0. The average molecular weight is 95.0 g/mol. The normalized spacial score (nSPS) is 4.50. The van der Waals surface area contributed by atoms with E-state index in [1.165, 1.54) is 0 Å². The largest absolute Gasteiger partial charge is 3.00 e. The van der Waals surface area contributed by atoms with Crippen molar-refractivity contribution in [3.8, 4) is 0 Å². The van der Waals surface area contributed by atoms with Gasteiger partial charge in [-0.05, 0) is 0 Å². The molecular formula is H2O3Sc+3. The first-order valence-corrected chi connectivity index (χ1v) is 0.365. The maximum Gasteiger partial charge on any atom is 3.00 e. The summed E-state index contributed by atoms with van der Waals surface area (Å²) in [6, 6.07) is 0. The SMILES string of the molecule is OOO.[Sc+3]. The van der Waals surface area contributed by atoms with Gasteiger partial charge in [-0.1, -0.05) is 5.04 Å². The molecule has 0 aliphatic rings. The van der Waals surface area contributed by atoms with Crippen LogP contribution in [0.3, 0.4) is 0 Å². The minimum Gasteiger partial charge on any atom is -0.221 e. The molecule has 0 radical (unpaired) electrons. The number of rotatable bonds is 0. The fourth-order valence-electron chi connectivity index (χ4n) is 0. The van der Waals surface area contributed by atoms with Gasteiger partial charge in [-0.25, -0.2) is 10.5 Å². The van der Waals surface area contributed by atoms with E-state index >= 15 is 0 Å². The van der Waals surface area contributed by atoms with Crippen molar-refractivity contribution >= 4 is 0 Å². The summed E-state index contributed by atoms with van der Waals surface area (Å²) in [5, 5.41) is 15.5. The minimum atomic E-state index is 0. The molecule has 0 aliphatic carbocycles. The predicted molar refractivity (Wildman–Crippen MR) is 6.34 cm³/mol. The van der Waals surface area contributed by atoms with E-state index in [4.69, 9.17) is 10.5 Å². The summed E-state index contributed by atoms with van der Waals surface area (Å²) in [6.07, 6.45) is 0. The molecule has 0 rings (SSSR count). The standard InChI is InChI=1S/H2O3.Sc/c1-3-2;/h1-2H;/q;+3. The molecule has 3 nitrogen and oxygen atoms in total. The van der Waals surface area contributed by atoms with Crippen molar-refractivity contribution in [2.75, 3.05) is 0 Å². The summed E-state index contributed by atoms with van der Waals surface area (Å²) in [5.41, 5.74) is 0. The van der Waals surface area contributed by atoms with Crippen LogP contribution in [0.15, 0.2) is 0 Å². The van der Waals surface area contributed by atoms with Crippen molar-refractivity contribution in [3.63, 3.8) is 0 Å². The van der Waals surface area contributed by atoms with E-state index in [1.807, 2.05) is 0 Å². The van der Waals surface area contributed by atoms with Crippen molar-refractivity contribution in [2.24, 2.45) is 0 Å². The summed E-state index contributed by atoms with van der Waals surface area (Å²) in [5.74, 6) is 0. The van der Waals surface area contributed by atoms with E-state index in [2.05, 4.69) is 5.04 Å². The van der Waals surface area contributed by atoms with Crippen LogP contribution in [0.5, 0.6) is 0 Å². The van der Waals surface area contributed by atoms with Gasteiger partial charge in [0.2, 0.25) is 0 Å². The van der Waals surface area contributed by atoms with Crippen molar-refractivity contribution in [2.45, 2.75) is 0 Å². The maximum atomic E-state index is 6.62. The Kier molecular flexibility index (Phi) is 20.4. The molecule has 0 aliphatic heterocycles. The molecule has 0 atom stereocenters. The Bertz CT molecular complexity index is 3.25. The Morgan fingerprint density at radius 3 is 1.25 bits per heavy atom. The predicted octanol–water partition coefficient (Wildman–Crippen LogP) is -0.0535. The molecule has 2 N–H and O–H groups in total. The molecule has 4 heteroatoms. The second kappa shape index (κ2) is 9.26. The van der Waals surface area contributed by atoms with Gasteiger partial charge in [-0.2, -0.15) is 0 Å². The third kappa shape index (κ3) is 15.0. The second-order valence-electron chi connectivity index (χ2n) is 0.0816.